The SMILES string of the molecule is O=CC1(CN2CCCC3CCCC32)CCCC1. The molecule has 2 saturated carbocycles. The molecule has 1 heterocycles. The van der Waals surface area contributed by atoms with Gasteiger partial charge in [0.25, 0.3) is 0 Å². The molecule has 0 amide bonds. The number of piperidine rings is 1. The van der Waals surface area contributed by atoms with E-state index in [9.17, 15) is 4.79 Å². The first-order chi connectivity index (χ1) is 8.33. The summed E-state index contributed by atoms with van der Waals surface area (Å²) in [6.45, 7) is 2.31. The molecule has 0 aromatic heterocycles. The fourth-order valence-corrected chi connectivity index (χ4v) is 4.55. The predicted octanol–water partition coefficient (Wildman–Crippen LogP) is 3.01. The third-order valence-corrected chi connectivity index (χ3v) is 5.48. The van der Waals surface area contributed by atoms with Gasteiger partial charge >= 0.3 is 0 Å². The first-order valence-electron chi connectivity index (χ1n) is 7.53. The first kappa shape index (κ1) is 11.7. The molecular weight excluding hydrogens is 210 g/mol. The lowest BCUT2D eigenvalue weighted by molar-refractivity contribution is -0.117. The Morgan fingerprint density at radius 3 is 2.59 bits per heavy atom. The van der Waals surface area contributed by atoms with Crippen LogP contribution in [0.25, 0.3) is 0 Å². The lowest BCUT2D eigenvalue weighted by atomic mass is 9.84. The summed E-state index contributed by atoms with van der Waals surface area (Å²) >= 11 is 0. The number of carbonyl (C=O) groups excluding carboxylic acids is 1. The topological polar surface area (TPSA) is 20.3 Å². The first-order valence-corrected chi connectivity index (χ1v) is 7.53. The average Bonchev–Trinajstić information content (AvgIpc) is 2.98. The number of carbonyl (C=O) groups is 1. The molecule has 0 bridgehead atoms. The van der Waals surface area contributed by atoms with Crippen molar-refractivity contribution in [3.8, 4) is 0 Å². The third kappa shape index (κ3) is 2.16. The number of rotatable bonds is 3. The Bertz CT molecular complexity index is 283. The molecule has 3 rings (SSSR count). The number of likely N-dealkylation sites (tertiary alicyclic amines) is 1. The highest BCUT2D eigenvalue weighted by atomic mass is 16.1. The molecule has 1 saturated heterocycles. The summed E-state index contributed by atoms with van der Waals surface area (Å²) in [5.74, 6) is 0.953. The van der Waals surface area contributed by atoms with Gasteiger partial charge in [0, 0.05) is 18.0 Å². The zero-order valence-electron chi connectivity index (χ0n) is 10.9. The van der Waals surface area contributed by atoms with Gasteiger partial charge < -0.3 is 4.79 Å². The number of nitrogens with zero attached hydrogens (tertiary/aromatic N) is 1. The Hall–Kier alpha value is -0.370. The molecule has 2 unspecified atom stereocenters. The normalized spacial score (nSPS) is 36.9. The third-order valence-electron chi connectivity index (χ3n) is 5.48. The molecule has 3 fully saturated rings. The summed E-state index contributed by atoms with van der Waals surface area (Å²) in [5.41, 5.74) is 0.0322. The van der Waals surface area contributed by atoms with Crippen LogP contribution in [0.5, 0.6) is 0 Å². The van der Waals surface area contributed by atoms with E-state index in [2.05, 4.69) is 4.90 Å². The standard InChI is InChI=1S/C15H25NO/c17-12-15(8-1-2-9-15)11-16-10-4-6-13-5-3-7-14(13)16/h12-14H,1-11H2. The van der Waals surface area contributed by atoms with Gasteiger partial charge in [-0.15, -0.1) is 0 Å². The molecule has 96 valence electrons. The lowest BCUT2D eigenvalue weighted by Crippen LogP contribution is -2.48. The van der Waals surface area contributed by atoms with Crippen molar-refractivity contribution in [2.45, 2.75) is 63.8 Å². The van der Waals surface area contributed by atoms with Gasteiger partial charge in [0.05, 0.1) is 0 Å². The van der Waals surface area contributed by atoms with E-state index in [-0.39, 0.29) is 5.41 Å². The maximum Gasteiger partial charge on any atom is 0.127 e. The molecule has 1 aliphatic heterocycles. The fourth-order valence-electron chi connectivity index (χ4n) is 4.55. The maximum atomic E-state index is 11.5. The van der Waals surface area contributed by atoms with Crippen molar-refractivity contribution in [2.24, 2.45) is 11.3 Å². The highest BCUT2D eigenvalue weighted by molar-refractivity contribution is 5.60. The Labute approximate surface area is 105 Å². The van der Waals surface area contributed by atoms with E-state index in [0.29, 0.717) is 0 Å². The minimum Gasteiger partial charge on any atom is -0.303 e. The highest BCUT2D eigenvalue weighted by Crippen LogP contribution is 2.42. The molecule has 2 nitrogen and oxygen atoms in total. The Kier molecular flexibility index (Phi) is 3.25. The van der Waals surface area contributed by atoms with Gasteiger partial charge in [-0.25, -0.2) is 0 Å². The van der Waals surface area contributed by atoms with Crippen LogP contribution < -0.4 is 0 Å². The van der Waals surface area contributed by atoms with Gasteiger partial charge in [-0.05, 0) is 51.0 Å². The van der Waals surface area contributed by atoms with E-state index < -0.39 is 0 Å². The molecule has 0 aromatic rings. The van der Waals surface area contributed by atoms with Crippen LogP contribution in [-0.2, 0) is 4.79 Å². The van der Waals surface area contributed by atoms with Crippen molar-refractivity contribution < 1.29 is 4.79 Å². The quantitative estimate of drug-likeness (QED) is 0.701. The smallest absolute Gasteiger partial charge is 0.127 e. The minimum absolute atomic E-state index is 0.0322. The van der Waals surface area contributed by atoms with Crippen LogP contribution in [0.3, 0.4) is 0 Å². The summed E-state index contributed by atoms with van der Waals surface area (Å²) < 4.78 is 0. The van der Waals surface area contributed by atoms with E-state index in [4.69, 9.17) is 0 Å². The van der Waals surface area contributed by atoms with Crippen LogP contribution in [0.4, 0.5) is 0 Å². The monoisotopic (exact) mass is 235 g/mol. The molecule has 17 heavy (non-hydrogen) atoms. The molecule has 0 spiro atoms. The molecular formula is C15H25NO. The molecule has 3 aliphatic rings. The van der Waals surface area contributed by atoms with Crippen molar-refractivity contribution in [3.05, 3.63) is 0 Å². The Balaban J connectivity index is 1.68. The molecule has 2 atom stereocenters. The van der Waals surface area contributed by atoms with Gasteiger partial charge in [-0.3, -0.25) is 4.90 Å². The summed E-state index contributed by atoms with van der Waals surface area (Å²) in [6, 6.07) is 0.821. The minimum atomic E-state index is 0.0322. The van der Waals surface area contributed by atoms with Crippen LogP contribution >= 0.6 is 0 Å². The fraction of sp³-hybridized carbons (Fsp3) is 0.933. The average molecular weight is 235 g/mol. The second-order valence-electron chi connectivity index (χ2n) is 6.56. The van der Waals surface area contributed by atoms with Crippen molar-refractivity contribution in [2.75, 3.05) is 13.1 Å². The number of aldehydes is 1. The maximum absolute atomic E-state index is 11.5. The molecule has 0 radical (unpaired) electrons. The lowest BCUT2D eigenvalue weighted by Gasteiger charge is -2.41. The van der Waals surface area contributed by atoms with E-state index in [1.807, 2.05) is 0 Å². The zero-order chi connectivity index (χ0) is 11.7. The second kappa shape index (κ2) is 4.72. The van der Waals surface area contributed by atoms with Gasteiger partial charge in [0.15, 0.2) is 0 Å². The van der Waals surface area contributed by atoms with Crippen LogP contribution in [0, 0.1) is 11.3 Å². The molecule has 0 aromatic carbocycles. The molecule has 0 N–H and O–H groups in total. The molecule has 2 aliphatic carbocycles. The summed E-state index contributed by atoms with van der Waals surface area (Å²) in [6.07, 6.45) is 13.1. The van der Waals surface area contributed by atoms with E-state index >= 15 is 0 Å². The van der Waals surface area contributed by atoms with Crippen LogP contribution in [0.2, 0.25) is 0 Å². The number of fused-ring (bicyclic) bond motifs is 1. The van der Waals surface area contributed by atoms with Gasteiger partial charge in [-0.1, -0.05) is 19.3 Å². The number of hydrogen-bond donors (Lipinski definition) is 0. The van der Waals surface area contributed by atoms with Crippen molar-refractivity contribution in [3.63, 3.8) is 0 Å². The van der Waals surface area contributed by atoms with Crippen LogP contribution in [-0.4, -0.2) is 30.3 Å². The van der Waals surface area contributed by atoms with Crippen molar-refractivity contribution in [1.29, 1.82) is 0 Å². The zero-order valence-corrected chi connectivity index (χ0v) is 10.9. The van der Waals surface area contributed by atoms with E-state index in [1.54, 1.807) is 0 Å². The van der Waals surface area contributed by atoms with E-state index in [1.165, 1.54) is 57.8 Å². The Morgan fingerprint density at radius 1 is 1.06 bits per heavy atom. The van der Waals surface area contributed by atoms with Gasteiger partial charge in [-0.2, -0.15) is 0 Å². The van der Waals surface area contributed by atoms with Gasteiger partial charge in [0.2, 0.25) is 0 Å². The van der Waals surface area contributed by atoms with Crippen molar-refractivity contribution >= 4 is 6.29 Å². The van der Waals surface area contributed by atoms with Crippen molar-refractivity contribution in [1.82, 2.24) is 4.90 Å². The summed E-state index contributed by atoms with van der Waals surface area (Å²) in [5, 5.41) is 0. The summed E-state index contributed by atoms with van der Waals surface area (Å²) in [7, 11) is 0. The molecule has 2 heteroatoms. The van der Waals surface area contributed by atoms with Gasteiger partial charge in [0.1, 0.15) is 6.29 Å². The Morgan fingerprint density at radius 2 is 1.82 bits per heavy atom. The predicted molar refractivity (Wildman–Crippen MR) is 68.9 cm³/mol. The highest BCUT2D eigenvalue weighted by Gasteiger charge is 2.41. The van der Waals surface area contributed by atoms with Crippen LogP contribution in [0.15, 0.2) is 0 Å². The van der Waals surface area contributed by atoms with E-state index in [0.717, 1.165) is 31.3 Å². The summed E-state index contributed by atoms with van der Waals surface area (Å²) in [4.78, 5) is 14.1. The number of hydrogen-bond acceptors (Lipinski definition) is 2. The largest absolute Gasteiger partial charge is 0.303 e. The van der Waals surface area contributed by atoms with Crippen LogP contribution in [0.1, 0.15) is 57.8 Å². The second-order valence-corrected chi connectivity index (χ2v) is 6.56.